The highest BCUT2D eigenvalue weighted by Crippen LogP contribution is 2.20. The minimum absolute atomic E-state index is 0.221. The Morgan fingerprint density at radius 1 is 1.50 bits per heavy atom. The number of nitrogens with one attached hydrogen (secondary N) is 1. The Balaban J connectivity index is 2.21. The lowest BCUT2D eigenvalue weighted by atomic mass is 10.1. The van der Waals surface area contributed by atoms with E-state index in [1.54, 1.807) is 12.5 Å². The van der Waals surface area contributed by atoms with Crippen LogP contribution in [0.3, 0.4) is 0 Å². The van der Waals surface area contributed by atoms with Gasteiger partial charge in [0.2, 0.25) is 0 Å². The second-order valence-corrected chi connectivity index (χ2v) is 5.38. The third kappa shape index (κ3) is 3.33. The molecule has 20 heavy (non-hydrogen) atoms. The van der Waals surface area contributed by atoms with Crippen molar-refractivity contribution in [1.29, 1.82) is 0 Å². The molecular formula is C14H19N5S. The molecule has 106 valence electrons. The number of pyridine rings is 1. The predicted molar refractivity (Wildman–Crippen MR) is 84.9 cm³/mol. The van der Waals surface area contributed by atoms with Crippen molar-refractivity contribution in [3.63, 3.8) is 0 Å². The lowest BCUT2D eigenvalue weighted by molar-refractivity contribution is 0.618. The second kappa shape index (κ2) is 6.00. The maximum absolute atomic E-state index is 5.81. The molecular weight excluding hydrogens is 270 g/mol. The lowest BCUT2D eigenvalue weighted by Crippen LogP contribution is -2.24. The molecule has 1 unspecified atom stereocenters. The quantitative estimate of drug-likeness (QED) is 0.824. The van der Waals surface area contributed by atoms with Gasteiger partial charge >= 0.3 is 0 Å². The fourth-order valence-electron chi connectivity index (χ4n) is 2.28. The van der Waals surface area contributed by atoms with Gasteiger partial charge in [0.25, 0.3) is 0 Å². The monoisotopic (exact) mass is 289 g/mol. The van der Waals surface area contributed by atoms with E-state index in [0.29, 0.717) is 4.99 Å². The Kier molecular flexibility index (Phi) is 4.34. The Morgan fingerprint density at radius 2 is 2.25 bits per heavy atom. The van der Waals surface area contributed by atoms with Gasteiger partial charge in [0.15, 0.2) is 0 Å². The molecule has 2 aromatic heterocycles. The topological polar surface area (TPSA) is 68.8 Å². The average Bonchev–Trinajstić information content (AvgIpc) is 2.79. The van der Waals surface area contributed by atoms with E-state index in [2.05, 4.69) is 22.2 Å². The van der Waals surface area contributed by atoms with Gasteiger partial charge in [0.05, 0.1) is 11.9 Å². The van der Waals surface area contributed by atoms with E-state index in [9.17, 15) is 0 Å². The third-order valence-electron chi connectivity index (χ3n) is 3.02. The van der Waals surface area contributed by atoms with Crippen molar-refractivity contribution in [2.24, 2.45) is 5.73 Å². The zero-order valence-corrected chi connectivity index (χ0v) is 12.7. The summed E-state index contributed by atoms with van der Waals surface area (Å²) in [5, 5.41) is 3.46. The van der Waals surface area contributed by atoms with Crippen molar-refractivity contribution in [2.45, 2.75) is 33.4 Å². The molecule has 3 N–H and O–H groups in total. The van der Waals surface area contributed by atoms with Crippen molar-refractivity contribution in [2.75, 3.05) is 5.32 Å². The van der Waals surface area contributed by atoms with E-state index in [1.165, 1.54) is 0 Å². The highest BCUT2D eigenvalue weighted by atomic mass is 32.1. The van der Waals surface area contributed by atoms with Crippen molar-refractivity contribution >= 4 is 22.9 Å². The van der Waals surface area contributed by atoms with Crippen LogP contribution >= 0.6 is 12.2 Å². The van der Waals surface area contributed by atoms with Crippen molar-refractivity contribution < 1.29 is 0 Å². The summed E-state index contributed by atoms with van der Waals surface area (Å²) in [5.41, 5.74) is 9.38. The van der Waals surface area contributed by atoms with Crippen LogP contribution in [-0.4, -0.2) is 25.6 Å². The van der Waals surface area contributed by atoms with Gasteiger partial charge in [-0.15, -0.1) is 0 Å². The fraction of sp³-hybridized carbons (Fsp3) is 0.357. The minimum Gasteiger partial charge on any atom is -0.389 e. The van der Waals surface area contributed by atoms with E-state index in [0.717, 1.165) is 29.2 Å². The first-order valence-electron chi connectivity index (χ1n) is 6.47. The van der Waals surface area contributed by atoms with Crippen molar-refractivity contribution in [3.8, 4) is 0 Å². The molecule has 0 bridgehead atoms. The average molecular weight is 289 g/mol. The van der Waals surface area contributed by atoms with E-state index in [-0.39, 0.29) is 6.04 Å². The largest absolute Gasteiger partial charge is 0.389 e. The standard InChI is InChI=1S/C14H19N5S/c1-9-6-12(13(14(15)20)11(3)17-9)18-10(2)7-19-5-4-16-8-19/h4-6,8,10H,7H2,1-3H3,(H2,15,20)(H,17,18). The van der Waals surface area contributed by atoms with Crippen molar-refractivity contribution in [3.05, 3.63) is 41.7 Å². The summed E-state index contributed by atoms with van der Waals surface area (Å²) in [5.74, 6) is 0. The first kappa shape index (κ1) is 14.5. The number of nitrogens with zero attached hydrogens (tertiary/aromatic N) is 3. The number of hydrogen-bond acceptors (Lipinski definition) is 4. The predicted octanol–water partition coefficient (Wildman–Crippen LogP) is 2.03. The lowest BCUT2D eigenvalue weighted by Gasteiger charge is -2.19. The van der Waals surface area contributed by atoms with Crippen LogP contribution in [0, 0.1) is 13.8 Å². The van der Waals surface area contributed by atoms with Crippen LogP contribution in [0.15, 0.2) is 24.8 Å². The Bertz CT molecular complexity index is 606. The van der Waals surface area contributed by atoms with Gasteiger partial charge in [-0.1, -0.05) is 12.2 Å². The zero-order chi connectivity index (χ0) is 14.7. The first-order valence-corrected chi connectivity index (χ1v) is 6.88. The molecule has 0 aromatic carbocycles. The van der Waals surface area contributed by atoms with Crippen LogP contribution < -0.4 is 11.1 Å². The SMILES string of the molecule is Cc1cc(NC(C)Cn2ccnc2)c(C(N)=S)c(C)n1. The molecule has 0 radical (unpaired) electrons. The number of hydrogen-bond donors (Lipinski definition) is 2. The van der Waals surface area contributed by atoms with E-state index < -0.39 is 0 Å². The highest BCUT2D eigenvalue weighted by Gasteiger charge is 2.13. The van der Waals surface area contributed by atoms with Crippen molar-refractivity contribution in [1.82, 2.24) is 14.5 Å². The van der Waals surface area contributed by atoms with E-state index in [4.69, 9.17) is 18.0 Å². The molecule has 0 saturated carbocycles. The third-order valence-corrected chi connectivity index (χ3v) is 3.22. The van der Waals surface area contributed by atoms with Gasteiger partial charge in [-0.05, 0) is 26.8 Å². The number of rotatable bonds is 5. The van der Waals surface area contributed by atoms with E-state index >= 15 is 0 Å². The summed E-state index contributed by atoms with van der Waals surface area (Å²) < 4.78 is 2.03. The maximum atomic E-state index is 5.81. The molecule has 0 aliphatic heterocycles. The van der Waals surface area contributed by atoms with E-state index in [1.807, 2.05) is 30.7 Å². The van der Waals surface area contributed by atoms with Crippen LogP contribution in [0.1, 0.15) is 23.9 Å². The van der Waals surface area contributed by atoms with Gasteiger partial charge in [-0.25, -0.2) is 4.98 Å². The summed E-state index contributed by atoms with van der Waals surface area (Å²) in [6.07, 6.45) is 5.51. The zero-order valence-electron chi connectivity index (χ0n) is 11.9. The maximum Gasteiger partial charge on any atom is 0.107 e. The highest BCUT2D eigenvalue weighted by molar-refractivity contribution is 7.80. The Hall–Kier alpha value is -1.95. The number of anilines is 1. The van der Waals surface area contributed by atoms with Crippen LogP contribution in [-0.2, 0) is 6.54 Å². The fourth-order valence-corrected chi connectivity index (χ4v) is 2.53. The smallest absolute Gasteiger partial charge is 0.107 e. The molecule has 2 heterocycles. The second-order valence-electron chi connectivity index (χ2n) is 4.94. The summed E-state index contributed by atoms with van der Waals surface area (Å²) in [7, 11) is 0. The summed E-state index contributed by atoms with van der Waals surface area (Å²) in [4.78, 5) is 8.82. The molecule has 0 amide bonds. The first-order chi connectivity index (χ1) is 9.47. The van der Waals surface area contributed by atoms with Gasteiger partial charge in [0, 0.05) is 42.1 Å². The molecule has 5 nitrogen and oxygen atoms in total. The number of thiocarbonyl (C=S) groups is 1. The molecule has 0 aliphatic rings. The molecule has 0 fully saturated rings. The summed E-state index contributed by atoms with van der Waals surface area (Å²) in [6, 6.07) is 2.20. The number of aryl methyl sites for hydroxylation is 2. The van der Waals surface area contributed by atoms with Gasteiger partial charge in [-0.3, -0.25) is 4.98 Å². The van der Waals surface area contributed by atoms with Gasteiger partial charge < -0.3 is 15.6 Å². The molecule has 0 spiro atoms. The number of aromatic nitrogens is 3. The molecule has 2 rings (SSSR count). The summed E-state index contributed by atoms with van der Waals surface area (Å²) >= 11 is 5.13. The Morgan fingerprint density at radius 3 is 2.85 bits per heavy atom. The summed E-state index contributed by atoms with van der Waals surface area (Å²) in [6.45, 7) is 6.81. The van der Waals surface area contributed by atoms with Crippen LogP contribution in [0.2, 0.25) is 0 Å². The minimum atomic E-state index is 0.221. The molecule has 0 saturated heterocycles. The van der Waals surface area contributed by atoms with Gasteiger partial charge in [0.1, 0.15) is 4.99 Å². The molecule has 1 atom stereocenters. The molecule has 2 aromatic rings. The number of imidazole rings is 1. The van der Waals surface area contributed by atoms with Crippen LogP contribution in [0.5, 0.6) is 0 Å². The molecule has 0 aliphatic carbocycles. The Labute approximate surface area is 124 Å². The van der Waals surface area contributed by atoms with Gasteiger partial charge in [-0.2, -0.15) is 0 Å². The normalized spacial score (nSPS) is 12.2. The number of nitrogens with two attached hydrogens (primary N) is 1. The van der Waals surface area contributed by atoms with Crippen LogP contribution in [0.4, 0.5) is 5.69 Å². The van der Waals surface area contributed by atoms with Crippen LogP contribution in [0.25, 0.3) is 0 Å². The molecule has 6 heteroatoms.